The third-order valence-corrected chi connectivity index (χ3v) is 7.23. The molecule has 0 bridgehead atoms. The number of benzene rings is 3. The molecule has 2 heterocycles. The van der Waals surface area contributed by atoms with Gasteiger partial charge in [0, 0.05) is 22.8 Å². The smallest absolute Gasteiger partial charge is 0.336 e. The van der Waals surface area contributed by atoms with Crippen molar-refractivity contribution in [2.24, 2.45) is 0 Å². The number of aromatic nitrogens is 3. The summed E-state index contributed by atoms with van der Waals surface area (Å²) in [4.78, 5) is 12.3. The molecule has 0 aliphatic rings. The molecule has 0 spiro atoms. The summed E-state index contributed by atoms with van der Waals surface area (Å²) in [7, 11) is 0. The molecule has 0 N–H and O–H groups in total. The summed E-state index contributed by atoms with van der Waals surface area (Å²) in [5.41, 5.74) is 5.24. The Morgan fingerprint density at radius 3 is 2.53 bits per heavy atom. The highest BCUT2D eigenvalue weighted by molar-refractivity contribution is 7.98. The fraction of sp³-hybridized carbons (Fsp3) is 0.148. The molecule has 0 aliphatic carbocycles. The van der Waals surface area contributed by atoms with Crippen LogP contribution in [-0.4, -0.2) is 14.8 Å². The lowest BCUT2D eigenvalue weighted by atomic mass is 10.0. The van der Waals surface area contributed by atoms with E-state index in [1.807, 2.05) is 62.4 Å². The van der Waals surface area contributed by atoms with Crippen molar-refractivity contribution in [1.29, 1.82) is 0 Å². The van der Waals surface area contributed by atoms with Gasteiger partial charge in [0.25, 0.3) is 0 Å². The highest BCUT2D eigenvalue weighted by Crippen LogP contribution is 2.32. The maximum absolute atomic E-state index is 12.3. The second-order valence-electron chi connectivity index (χ2n) is 8.12. The Balaban J connectivity index is 1.54. The molecule has 34 heavy (non-hydrogen) atoms. The van der Waals surface area contributed by atoms with Gasteiger partial charge in [-0.1, -0.05) is 78.0 Å². The first-order valence-corrected chi connectivity index (χ1v) is 12.3. The van der Waals surface area contributed by atoms with Gasteiger partial charge in [-0.15, -0.1) is 10.2 Å². The highest BCUT2D eigenvalue weighted by Gasteiger charge is 2.18. The first kappa shape index (κ1) is 22.4. The molecule has 0 radical (unpaired) electrons. The maximum atomic E-state index is 12.3. The topological polar surface area (TPSA) is 60.9 Å². The zero-order valence-electron chi connectivity index (χ0n) is 18.8. The second kappa shape index (κ2) is 9.49. The van der Waals surface area contributed by atoms with Crippen molar-refractivity contribution in [1.82, 2.24) is 14.8 Å². The molecular formula is C27H22ClN3O2S. The van der Waals surface area contributed by atoms with Gasteiger partial charge in [-0.3, -0.25) is 4.57 Å². The molecule has 5 aromatic rings. The molecule has 0 saturated carbocycles. The minimum absolute atomic E-state index is 0.348. The van der Waals surface area contributed by atoms with Gasteiger partial charge >= 0.3 is 5.63 Å². The lowest BCUT2D eigenvalue weighted by molar-refractivity contribution is 0.557. The van der Waals surface area contributed by atoms with Crippen molar-refractivity contribution < 1.29 is 4.42 Å². The molecule has 0 saturated heterocycles. The maximum Gasteiger partial charge on any atom is 0.336 e. The van der Waals surface area contributed by atoms with Crippen LogP contribution in [-0.2, 0) is 12.3 Å². The molecule has 7 heteroatoms. The number of halogens is 1. The average Bonchev–Trinajstić information content (AvgIpc) is 3.23. The van der Waals surface area contributed by atoms with E-state index in [0.29, 0.717) is 28.7 Å². The minimum atomic E-state index is -0.348. The molecule has 0 aliphatic heterocycles. The molecule has 0 fully saturated rings. The van der Waals surface area contributed by atoms with Crippen molar-refractivity contribution in [3.05, 3.63) is 110 Å². The molecule has 0 unspecified atom stereocenters. The van der Waals surface area contributed by atoms with Crippen molar-refractivity contribution >= 4 is 34.3 Å². The van der Waals surface area contributed by atoms with Gasteiger partial charge in [0.1, 0.15) is 5.58 Å². The van der Waals surface area contributed by atoms with E-state index in [-0.39, 0.29) is 5.63 Å². The van der Waals surface area contributed by atoms with Crippen LogP contribution in [0.25, 0.3) is 22.4 Å². The van der Waals surface area contributed by atoms with Gasteiger partial charge in [-0.05, 0) is 48.2 Å². The third-order valence-electron chi connectivity index (χ3n) is 5.89. The largest absolute Gasteiger partial charge is 0.422 e. The third kappa shape index (κ3) is 4.39. The van der Waals surface area contributed by atoms with E-state index in [4.69, 9.17) is 16.0 Å². The summed E-state index contributed by atoms with van der Waals surface area (Å²) >= 11 is 8.03. The lowest BCUT2D eigenvalue weighted by Crippen LogP contribution is -2.05. The van der Waals surface area contributed by atoms with Crippen LogP contribution < -0.4 is 5.63 Å². The van der Waals surface area contributed by atoms with Crippen molar-refractivity contribution in [2.45, 2.75) is 31.3 Å². The summed E-state index contributed by atoms with van der Waals surface area (Å²) in [6.07, 6.45) is 0. The van der Waals surface area contributed by atoms with Crippen molar-refractivity contribution in [3.63, 3.8) is 0 Å². The normalized spacial score (nSPS) is 11.3. The zero-order valence-corrected chi connectivity index (χ0v) is 20.4. The van der Waals surface area contributed by atoms with E-state index in [1.54, 1.807) is 17.8 Å². The van der Waals surface area contributed by atoms with Crippen LogP contribution in [0.15, 0.2) is 87.2 Å². The lowest BCUT2D eigenvalue weighted by Gasteiger charge is -2.12. The Labute approximate surface area is 206 Å². The predicted molar refractivity (Wildman–Crippen MR) is 138 cm³/mol. The van der Waals surface area contributed by atoms with Gasteiger partial charge in [-0.25, -0.2) is 4.79 Å². The van der Waals surface area contributed by atoms with Crippen LogP contribution in [0.4, 0.5) is 0 Å². The summed E-state index contributed by atoms with van der Waals surface area (Å²) in [6.45, 7) is 4.59. The molecule has 170 valence electrons. The number of nitrogens with zero attached hydrogens (tertiary/aromatic N) is 3. The molecular weight excluding hydrogens is 466 g/mol. The van der Waals surface area contributed by atoms with E-state index in [9.17, 15) is 4.79 Å². The van der Waals surface area contributed by atoms with E-state index in [2.05, 4.69) is 33.0 Å². The molecule has 5 rings (SSSR count). The van der Waals surface area contributed by atoms with Gasteiger partial charge in [0.05, 0.1) is 11.6 Å². The predicted octanol–water partition coefficient (Wildman–Crippen LogP) is 6.66. The molecule has 2 aromatic heterocycles. The number of fused-ring (bicyclic) bond motifs is 1. The van der Waals surface area contributed by atoms with E-state index < -0.39 is 0 Å². The number of rotatable bonds is 6. The van der Waals surface area contributed by atoms with Crippen molar-refractivity contribution in [2.75, 3.05) is 0 Å². The minimum Gasteiger partial charge on any atom is -0.422 e. The Bertz CT molecular complexity index is 1540. The average molecular weight is 488 g/mol. The van der Waals surface area contributed by atoms with Gasteiger partial charge < -0.3 is 4.42 Å². The number of aryl methyl sites for hydroxylation is 2. The number of hydrogen-bond donors (Lipinski definition) is 0. The fourth-order valence-corrected chi connectivity index (χ4v) is 5.08. The van der Waals surface area contributed by atoms with Crippen LogP contribution in [0.2, 0.25) is 5.02 Å². The first-order chi connectivity index (χ1) is 16.5. The summed E-state index contributed by atoms with van der Waals surface area (Å²) in [5, 5.41) is 11.3. The Kier molecular flexibility index (Phi) is 6.26. The second-order valence-corrected chi connectivity index (χ2v) is 9.47. The van der Waals surface area contributed by atoms with E-state index in [1.165, 1.54) is 0 Å². The fourth-order valence-electron chi connectivity index (χ4n) is 3.93. The SMILES string of the molecule is Cc1ccc2c(CSc3nnc(-c4ccccc4Cl)n3Cc3ccccc3)cc(=O)oc2c1C. The quantitative estimate of drug-likeness (QED) is 0.198. The van der Waals surface area contributed by atoms with Crippen LogP contribution in [0.5, 0.6) is 0 Å². The van der Waals surface area contributed by atoms with Gasteiger partial charge in [0.2, 0.25) is 0 Å². The monoisotopic (exact) mass is 487 g/mol. The van der Waals surface area contributed by atoms with Gasteiger partial charge in [-0.2, -0.15) is 0 Å². The van der Waals surface area contributed by atoms with E-state index >= 15 is 0 Å². The number of hydrogen-bond acceptors (Lipinski definition) is 5. The molecule has 0 amide bonds. The van der Waals surface area contributed by atoms with Crippen LogP contribution in [0.1, 0.15) is 22.3 Å². The summed E-state index contributed by atoms with van der Waals surface area (Å²) < 4.78 is 7.60. The van der Waals surface area contributed by atoms with E-state index in [0.717, 1.165) is 38.4 Å². The Hall–Kier alpha value is -3.35. The Morgan fingerprint density at radius 1 is 0.971 bits per heavy atom. The van der Waals surface area contributed by atoms with Crippen LogP contribution >= 0.6 is 23.4 Å². The van der Waals surface area contributed by atoms with Crippen LogP contribution in [0.3, 0.4) is 0 Å². The zero-order chi connectivity index (χ0) is 23.7. The first-order valence-electron chi connectivity index (χ1n) is 10.9. The van der Waals surface area contributed by atoms with Crippen molar-refractivity contribution in [3.8, 4) is 11.4 Å². The van der Waals surface area contributed by atoms with Gasteiger partial charge in [0.15, 0.2) is 11.0 Å². The molecule has 5 nitrogen and oxygen atoms in total. The summed E-state index contributed by atoms with van der Waals surface area (Å²) in [6, 6.07) is 23.5. The number of thioether (sulfide) groups is 1. The standard InChI is InChI=1S/C27H22ClN3O2S/c1-17-12-13-21-20(14-24(32)33-25(21)18(17)2)16-34-27-30-29-26(22-10-6-7-11-23(22)28)31(27)15-19-8-4-3-5-9-19/h3-14H,15-16H2,1-2H3. The molecule has 0 atom stereocenters. The summed E-state index contributed by atoms with van der Waals surface area (Å²) in [5.74, 6) is 1.26. The molecule has 3 aromatic carbocycles. The highest BCUT2D eigenvalue weighted by atomic mass is 35.5. The Morgan fingerprint density at radius 2 is 1.74 bits per heavy atom. The van der Waals surface area contributed by atoms with Crippen LogP contribution in [0, 0.1) is 13.8 Å².